The van der Waals surface area contributed by atoms with E-state index in [9.17, 15) is 0 Å². The summed E-state index contributed by atoms with van der Waals surface area (Å²) < 4.78 is 0. The van der Waals surface area contributed by atoms with Crippen molar-refractivity contribution in [1.82, 2.24) is 0 Å². The van der Waals surface area contributed by atoms with Crippen LogP contribution in [0.4, 0.5) is 0 Å². The minimum Gasteiger partial charge on any atom is -0.111 e. The van der Waals surface area contributed by atoms with E-state index in [0.717, 1.165) is 7.78 Å². The second-order valence-corrected chi connectivity index (χ2v) is 3.92. The topological polar surface area (TPSA) is 0 Å². The van der Waals surface area contributed by atoms with Crippen molar-refractivity contribution in [3.8, 4) is 0 Å². The Bertz CT molecular complexity index is 36.5. The van der Waals surface area contributed by atoms with Crippen LogP contribution >= 0.6 is 19.2 Å². The van der Waals surface area contributed by atoms with Crippen LogP contribution in [0.1, 0.15) is 6.92 Å². The first-order valence-corrected chi connectivity index (χ1v) is 4.72. The summed E-state index contributed by atoms with van der Waals surface area (Å²) in [6.45, 7) is 5.74. The summed E-state index contributed by atoms with van der Waals surface area (Å²) in [5.74, 6) is 0. The first-order valence-electron chi connectivity index (χ1n) is 1.91. The lowest BCUT2D eigenvalue weighted by atomic mass is 11.0. The second kappa shape index (κ2) is 5.52. The van der Waals surface area contributed by atoms with Crippen molar-refractivity contribution in [2.45, 2.75) is 6.92 Å². The monoisotopic (exact) mass is 120 g/mol. The molecule has 0 fully saturated rings. The Hall–Kier alpha value is 0.520. The van der Waals surface area contributed by atoms with Crippen molar-refractivity contribution in [2.24, 2.45) is 0 Å². The normalized spacial score (nSPS) is 10.2. The van der Waals surface area contributed by atoms with Crippen LogP contribution in [-0.2, 0) is 0 Å². The van der Waals surface area contributed by atoms with Gasteiger partial charge in [0.15, 0.2) is 0 Å². The minimum absolute atomic E-state index is 1.01. The van der Waals surface area contributed by atoms with Gasteiger partial charge in [-0.2, -0.15) is 0 Å². The SMILES string of the molecule is C=CSPCC. The molecule has 0 aromatic carbocycles. The molecule has 0 saturated heterocycles. The summed E-state index contributed by atoms with van der Waals surface area (Å²) in [5, 5.41) is 1.89. The largest absolute Gasteiger partial charge is 0.111 e. The molecule has 0 aliphatic rings. The fourth-order valence-electron chi connectivity index (χ4n) is 0.142. The number of rotatable bonds is 3. The summed E-state index contributed by atoms with van der Waals surface area (Å²) >= 11 is 1.80. The van der Waals surface area contributed by atoms with Gasteiger partial charge in [0.25, 0.3) is 0 Å². The van der Waals surface area contributed by atoms with Crippen molar-refractivity contribution in [2.75, 3.05) is 6.16 Å². The smallest absolute Gasteiger partial charge is 0.0286 e. The van der Waals surface area contributed by atoms with Crippen molar-refractivity contribution < 1.29 is 0 Å². The molecule has 0 aromatic rings. The van der Waals surface area contributed by atoms with Gasteiger partial charge in [-0.05, 0) is 11.6 Å². The van der Waals surface area contributed by atoms with E-state index in [4.69, 9.17) is 0 Å². The Morgan fingerprint density at radius 1 is 2.00 bits per heavy atom. The van der Waals surface area contributed by atoms with Crippen molar-refractivity contribution in [1.29, 1.82) is 0 Å². The minimum atomic E-state index is 1.01. The van der Waals surface area contributed by atoms with E-state index in [0.29, 0.717) is 0 Å². The highest BCUT2D eigenvalue weighted by atomic mass is 32.7. The molecule has 1 atom stereocenters. The third-order valence-corrected chi connectivity index (χ3v) is 2.80. The molecule has 6 heavy (non-hydrogen) atoms. The Morgan fingerprint density at radius 3 is 2.83 bits per heavy atom. The molecular weight excluding hydrogens is 111 g/mol. The third kappa shape index (κ3) is 4.52. The van der Waals surface area contributed by atoms with Gasteiger partial charge < -0.3 is 0 Å². The lowest BCUT2D eigenvalue weighted by Crippen LogP contribution is -1.46. The lowest BCUT2D eigenvalue weighted by Gasteiger charge is -1.82. The molecule has 0 rings (SSSR count). The molecule has 0 spiro atoms. The van der Waals surface area contributed by atoms with E-state index in [1.165, 1.54) is 6.16 Å². The first kappa shape index (κ1) is 6.52. The maximum Gasteiger partial charge on any atom is -0.0286 e. The van der Waals surface area contributed by atoms with Gasteiger partial charge in [0, 0.05) is 0 Å². The highest BCUT2D eigenvalue weighted by Gasteiger charge is 1.70. The summed E-state index contributed by atoms with van der Waals surface area (Å²) in [5.41, 5.74) is 0. The van der Waals surface area contributed by atoms with E-state index in [2.05, 4.69) is 13.5 Å². The van der Waals surface area contributed by atoms with Crippen LogP contribution in [0.15, 0.2) is 12.0 Å². The molecule has 0 aliphatic heterocycles. The molecule has 0 radical (unpaired) electrons. The van der Waals surface area contributed by atoms with Gasteiger partial charge in [0.2, 0.25) is 0 Å². The predicted octanol–water partition coefficient (Wildman–Crippen LogP) is 2.48. The molecule has 0 saturated carbocycles. The summed E-state index contributed by atoms with van der Waals surface area (Å²) in [6, 6.07) is 0. The summed E-state index contributed by atoms with van der Waals surface area (Å²) in [6.07, 6.45) is 1.27. The van der Waals surface area contributed by atoms with Gasteiger partial charge in [-0.15, -0.1) is 11.4 Å². The standard InChI is InChI=1S/C4H9PS/c1-3-5-6-4-2/h4-5H,2-3H2,1H3. The van der Waals surface area contributed by atoms with Crippen molar-refractivity contribution >= 4 is 19.2 Å². The summed E-state index contributed by atoms with van der Waals surface area (Å²) in [4.78, 5) is 0. The average molecular weight is 120 g/mol. The zero-order valence-corrected chi connectivity index (χ0v) is 5.72. The van der Waals surface area contributed by atoms with E-state index in [1.807, 2.05) is 5.41 Å². The maximum atomic E-state index is 3.57. The molecule has 36 valence electrons. The summed E-state index contributed by atoms with van der Waals surface area (Å²) in [7, 11) is 1.01. The van der Waals surface area contributed by atoms with E-state index < -0.39 is 0 Å². The fourth-order valence-corrected chi connectivity index (χ4v) is 1.28. The fraction of sp³-hybridized carbons (Fsp3) is 0.500. The zero-order chi connectivity index (χ0) is 4.83. The quantitative estimate of drug-likeness (QED) is 0.407. The van der Waals surface area contributed by atoms with Crippen LogP contribution in [0.5, 0.6) is 0 Å². The van der Waals surface area contributed by atoms with Gasteiger partial charge in [-0.3, -0.25) is 0 Å². The molecule has 0 bridgehead atoms. The lowest BCUT2D eigenvalue weighted by molar-refractivity contribution is 1.53. The molecule has 0 nitrogen and oxygen atoms in total. The zero-order valence-electron chi connectivity index (χ0n) is 3.90. The van der Waals surface area contributed by atoms with Crippen molar-refractivity contribution in [3.05, 3.63) is 12.0 Å². The highest BCUT2D eigenvalue weighted by molar-refractivity contribution is 8.51. The van der Waals surface area contributed by atoms with Gasteiger partial charge in [0.05, 0.1) is 0 Å². The van der Waals surface area contributed by atoms with Crippen molar-refractivity contribution in [3.63, 3.8) is 0 Å². The van der Waals surface area contributed by atoms with Gasteiger partial charge in [-0.1, -0.05) is 21.3 Å². The van der Waals surface area contributed by atoms with Gasteiger partial charge in [0.1, 0.15) is 0 Å². The van der Waals surface area contributed by atoms with Crippen LogP contribution in [0.25, 0.3) is 0 Å². The van der Waals surface area contributed by atoms with Crippen LogP contribution in [-0.4, -0.2) is 6.16 Å². The molecule has 0 aromatic heterocycles. The van der Waals surface area contributed by atoms with E-state index in [1.54, 1.807) is 11.4 Å². The van der Waals surface area contributed by atoms with Crippen LogP contribution in [0.2, 0.25) is 0 Å². The molecule has 2 heteroatoms. The van der Waals surface area contributed by atoms with Gasteiger partial charge in [-0.25, -0.2) is 0 Å². The van der Waals surface area contributed by atoms with Crippen LogP contribution in [0.3, 0.4) is 0 Å². The predicted molar refractivity (Wildman–Crippen MR) is 36.6 cm³/mol. The van der Waals surface area contributed by atoms with Crippen LogP contribution in [0, 0.1) is 0 Å². The average Bonchev–Trinajstić information content (AvgIpc) is 1.61. The Labute approximate surface area is 44.9 Å². The molecule has 0 heterocycles. The molecule has 0 N–H and O–H groups in total. The molecule has 0 amide bonds. The number of hydrogen-bond acceptors (Lipinski definition) is 1. The second-order valence-electron chi connectivity index (χ2n) is 0.782. The molecule has 1 unspecified atom stereocenters. The Morgan fingerprint density at radius 2 is 2.67 bits per heavy atom. The van der Waals surface area contributed by atoms with E-state index >= 15 is 0 Å². The molecule has 0 aliphatic carbocycles. The number of hydrogen-bond donors (Lipinski definition) is 0. The van der Waals surface area contributed by atoms with Gasteiger partial charge >= 0.3 is 0 Å². The Kier molecular flexibility index (Phi) is 6.00. The Balaban J connectivity index is 2.49. The third-order valence-electron chi connectivity index (χ3n) is 0.311. The van der Waals surface area contributed by atoms with E-state index in [-0.39, 0.29) is 0 Å². The highest BCUT2D eigenvalue weighted by Crippen LogP contribution is 2.28. The first-order chi connectivity index (χ1) is 2.91. The van der Waals surface area contributed by atoms with Crippen LogP contribution < -0.4 is 0 Å². The maximum absolute atomic E-state index is 3.57. The molecular formula is C4H9PS.